The average Bonchev–Trinajstić information content (AvgIpc) is 2.60. The maximum absolute atomic E-state index is 12.4. The van der Waals surface area contributed by atoms with E-state index in [1.165, 1.54) is 43.2 Å². The number of fused-ring (bicyclic) bond motifs is 1. The van der Waals surface area contributed by atoms with E-state index in [0.717, 1.165) is 31.2 Å². The van der Waals surface area contributed by atoms with Crippen molar-refractivity contribution in [2.75, 3.05) is 6.54 Å². The Morgan fingerprint density at radius 1 is 1.13 bits per heavy atom. The molecule has 3 heteroatoms. The Morgan fingerprint density at radius 3 is 2.57 bits per heavy atom. The molecular formula is C20H29NO2. The molecule has 2 aliphatic rings. The standard InChI is InChI=1S/C20H29NO2/c1-20(23,18-9-3-2-4-10-18)14-21-19(22)17-12-11-15-7-5-6-8-16(15)13-17/h11-13,18,23H,2-10,14H2,1H3,(H,21,22). The molecule has 0 spiro atoms. The number of hydrogen-bond donors (Lipinski definition) is 2. The monoisotopic (exact) mass is 315 g/mol. The molecule has 1 aromatic rings. The Hall–Kier alpha value is -1.35. The van der Waals surface area contributed by atoms with Crippen LogP contribution in [0.2, 0.25) is 0 Å². The van der Waals surface area contributed by atoms with Gasteiger partial charge in [0.05, 0.1) is 5.60 Å². The van der Waals surface area contributed by atoms with E-state index in [1.54, 1.807) is 0 Å². The first kappa shape index (κ1) is 16.5. The SMILES string of the molecule is CC(O)(CNC(=O)c1ccc2c(c1)CCCC2)C1CCCCC1. The quantitative estimate of drug-likeness (QED) is 0.891. The fourth-order valence-corrected chi connectivity index (χ4v) is 4.10. The highest BCUT2D eigenvalue weighted by Crippen LogP contribution is 2.32. The van der Waals surface area contributed by atoms with Crippen LogP contribution in [0.15, 0.2) is 18.2 Å². The summed E-state index contributed by atoms with van der Waals surface area (Å²) in [4.78, 5) is 12.4. The van der Waals surface area contributed by atoms with Crippen LogP contribution >= 0.6 is 0 Å². The molecule has 1 saturated carbocycles. The zero-order chi connectivity index (χ0) is 16.3. The number of amides is 1. The van der Waals surface area contributed by atoms with Gasteiger partial charge in [-0.2, -0.15) is 0 Å². The van der Waals surface area contributed by atoms with Gasteiger partial charge in [0, 0.05) is 12.1 Å². The van der Waals surface area contributed by atoms with Crippen LogP contribution in [0.3, 0.4) is 0 Å². The molecule has 0 saturated heterocycles. The molecule has 0 aromatic heterocycles. The van der Waals surface area contributed by atoms with E-state index in [2.05, 4.69) is 11.4 Å². The van der Waals surface area contributed by atoms with E-state index in [-0.39, 0.29) is 5.91 Å². The van der Waals surface area contributed by atoms with Crippen molar-refractivity contribution in [3.8, 4) is 0 Å². The molecule has 1 unspecified atom stereocenters. The summed E-state index contributed by atoms with van der Waals surface area (Å²) in [5.74, 6) is 0.245. The second kappa shape index (κ2) is 7.04. The fourth-order valence-electron chi connectivity index (χ4n) is 4.10. The zero-order valence-electron chi connectivity index (χ0n) is 14.2. The maximum atomic E-state index is 12.4. The molecule has 0 bridgehead atoms. The van der Waals surface area contributed by atoms with Crippen molar-refractivity contribution < 1.29 is 9.90 Å². The van der Waals surface area contributed by atoms with Gasteiger partial charge in [-0.05, 0) is 74.6 Å². The number of nitrogens with one attached hydrogen (secondary N) is 1. The molecule has 0 heterocycles. The molecule has 1 atom stereocenters. The third-order valence-corrected chi connectivity index (χ3v) is 5.70. The van der Waals surface area contributed by atoms with Crippen molar-refractivity contribution in [2.24, 2.45) is 5.92 Å². The second-order valence-electron chi connectivity index (χ2n) is 7.57. The summed E-state index contributed by atoms with van der Waals surface area (Å²) in [6.45, 7) is 2.21. The van der Waals surface area contributed by atoms with E-state index in [9.17, 15) is 9.90 Å². The largest absolute Gasteiger partial charge is 0.388 e. The molecule has 2 N–H and O–H groups in total. The molecule has 0 radical (unpaired) electrons. The third kappa shape index (κ3) is 3.95. The van der Waals surface area contributed by atoms with Crippen LogP contribution in [0, 0.1) is 5.92 Å². The number of aliphatic hydroxyl groups is 1. The Kier molecular flexibility index (Phi) is 5.05. The summed E-state index contributed by atoms with van der Waals surface area (Å²) in [5.41, 5.74) is 2.64. The van der Waals surface area contributed by atoms with Gasteiger partial charge in [-0.1, -0.05) is 25.3 Å². The van der Waals surface area contributed by atoms with Gasteiger partial charge in [-0.3, -0.25) is 4.79 Å². The van der Waals surface area contributed by atoms with Crippen molar-refractivity contribution in [2.45, 2.75) is 70.3 Å². The van der Waals surface area contributed by atoms with Crippen molar-refractivity contribution >= 4 is 5.91 Å². The highest BCUT2D eigenvalue weighted by atomic mass is 16.3. The lowest BCUT2D eigenvalue weighted by molar-refractivity contribution is -0.0143. The van der Waals surface area contributed by atoms with Crippen LogP contribution in [0.25, 0.3) is 0 Å². The molecule has 2 aliphatic carbocycles. The summed E-state index contributed by atoms with van der Waals surface area (Å²) < 4.78 is 0. The maximum Gasteiger partial charge on any atom is 0.251 e. The summed E-state index contributed by atoms with van der Waals surface area (Å²) >= 11 is 0. The highest BCUT2D eigenvalue weighted by molar-refractivity contribution is 5.94. The number of rotatable bonds is 4. The molecule has 126 valence electrons. The summed E-state index contributed by atoms with van der Waals surface area (Å²) in [6, 6.07) is 6.07. The first-order valence-electron chi connectivity index (χ1n) is 9.19. The minimum absolute atomic E-state index is 0.0607. The summed E-state index contributed by atoms with van der Waals surface area (Å²) in [6.07, 6.45) is 10.5. The van der Waals surface area contributed by atoms with E-state index in [1.807, 2.05) is 19.1 Å². The highest BCUT2D eigenvalue weighted by Gasteiger charge is 2.33. The normalized spacial score (nSPS) is 21.3. The molecule has 23 heavy (non-hydrogen) atoms. The van der Waals surface area contributed by atoms with Crippen LogP contribution < -0.4 is 5.32 Å². The molecule has 1 fully saturated rings. The lowest BCUT2D eigenvalue weighted by Gasteiger charge is -2.35. The lowest BCUT2D eigenvalue weighted by Crippen LogP contribution is -2.46. The van der Waals surface area contributed by atoms with E-state index in [0.29, 0.717) is 12.5 Å². The van der Waals surface area contributed by atoms with Gasteiger partial charge in [-0.15, -0.1) is 0 Å². The summed E-state index contributed by atoms with van der Waals surface area (Å²) in [7, 11) is 0. The Balaban J connectivity index is 1.60. The molecule has 3 rings (SSSR count). The van der Waals surface area contributed by atoms with Crippen LogP contribution in [0.4, 0.5) is 0 Å². The molecule has 1 aromatic carbocycles. The topological polar surface area (TPSA) is 49.3 Å². The van der Waals surface area contributed by atoms with Crippen molar-refractivity contribution in [1.82, 2.24) is 5.32 Å². The van der Waals surface area contributed by atoms with Gasteiger partial charge in [0.2, 0.25) is 0 Å². The first-order valence-corrected chi connectivity index (χ1v) is 9.19. The number of hydrogen-bond acceptors (Lipinski definition) is 2. The van der Waals surface area contributed by atoms with E-state index < -0.39 is 5.60 Å². The van der Waals surface area contributed by atoms with Crippen LogP contribution in [0.1, 0.15) is 73.4 Å². The van der Waals surface area contributed by atoms with E-state index >= 15 is 0 Å². The lowest BCUT2D eigenvalue weighted by atomic mass is 9.78. The first-order chi connectivity index (χ1) is 11.1. The van der Waals surface area contributed by atoms with E-state index in [4.69, 9.17) is 0 Å². The van der Waals surface area contributed by atoms with Gasteiger partial charge in [0.15, 0.2) is 0 Å². The van der Waals surface area contributed by atoms with Crippen molar-refractivity contribution in [1.29, 1.82) is 0 Å². The van der Waals surface area contributed by atoms with Gasteiger partial charge in [0.1, 0.15) is 0 Å². The molecule has 1 amide bonds. The third-order valence-electron chi connectivity index (χ3n) is 5.70. The predicted molar refractivity (Wildman–Crippen MR) is 92.6 cm³/mol. The van der Waals surface area contributed by atoms with Gasteiger partial charge in [0.25, 0.3) is 5.91 Å². The van der Waals surface area contributed by atoms with Crippen LogP contribution in [-0.4, -0.2) is 23.2 Å². The number of aryl methyl sites for hydroxylation is 2. The van der Waals surface area contributed by atoms with Crippen LogP contribution in [-0.2, 0) is 12.8 Å². The number of carbonyl (C=O) groups excluding carboxylic acids is 1. The van der Waals surface area contributed by atoms with Gasteiger partial charge >= 0.3 is 0 Å². The molecule has 3 nitrogen and oxygen atoms in total. The predicted octanol–water partition coefficient (Wildman–Crippen LogP) is 3.63. The minimum Gasteiger partial charge on any atom is -0.388 e. The zero-order valence-corrected chi connectivity index (χ0v) is 14.2. The Morgan fingerprint density at radius 2 is 1.83 bits per heavy atom. The minimum atomic E-state index is -0.801. The van der Waals surface area contributed by atoms with Crippen molar-refractivity contribution in [3.63, 3.8) is 0 Å². The van der Waals surface area contributed by atoms with Crippen LogP contribution in [0.5, 0.6) is 0 Å². The Labute approximate surface area is 139 Å². The Bertz CT molecular complexity index is 559. The number of benzene rings is 1. The van der Waals surface area contributed by atoms with Crippen molar-refractivity contribution in [3.05, 3.63) is 34.9 Å². The fraction of sp³-hybridized carbons (Fsp3) is 0.650. The van der Waals surface area contributed by atoms with Gasteiger partial charge in [-0.25, -0.2) is 0 Å². The number of carbonyl (C=O) groups is 1. The molecular weight excluding hydrogens is 286 g/mol. The second-order valence-corrected chi connectivity index (χ2v) is 7.57. The average molecular weight is 315 g/mol. The smallest absolute Gasteiger partial charge is 0.251 e. The van der Waals surface area contributed by atoms with Gasteiger partial charge < -0.3 is 10.4 Å². The molecule has 0 aliphatic heterocycles. The summed E-state index contributed by atoms with van der Waals surface area (Å²) in [5, 5.41) is 13.7.